The Hall–Kier alpha value is -0.810. The Kier molecular flexibility index (Phi) is 3.11. The molecule has 0 atom stereocenters. The Balaban J connectivity index is 3.12. The lowest BCUT2D eigenvalue weighted by molar-refractivity contribution is -0.132. The minimum atomic E-state index is -0.494. The molecule has 2 N–H and O–H groups in total. The fourth-order valence-corrected chi connectivity index (χ4v) is 1.24. The van der Waals surface area contributed by atoms with Crippen LogP contribution in [0.15, 0.2) is 10.7 Å². The molecule has 0 radical (unpaired) electrons. The van der Waals surface area contributed by atoms with E-state index in [2.05, 4.69) is 20.9 Å². The molecule has 0 aromatic carbocycles. The van der Waals surface area contributed by atoms with E-state index in [4.69, 9.17) is 22.1 Å². The van der Waals surface area contributed by atoms with Crippen LogP contribution < -0.4 is 10.5 Å². The molecule has 0 bridgehead atoms. The van der Waals surface area contributed by atoms with Crippen LogP contribution in [-0.2, 0) is 4.79 Å². The molecule has 0 aliphatic carbocycles. The number of hydrogen-bond donors (Lipinski definition) is 1. The number of nitrogens with zero attached hydrogens (tertiary/aromatic N) is 1. The van der Waals surface area contributed by atoms with E-state index in [1.165, 1.54) is 13.0 Å². The third-order valence-electron chi connectivity index (χ3n) is 1.16. The molecule has 1 aromatic rings. The van der Waals surface area contributed by atoms with E-state index in [1.807, 2.05) is 0 Å². The molecule has 1 heterocycles. The van der Waals surface area contributed by atoms with Crippen molar-refractivity contribution in [2.24, 2.45) is 0 Å². The van der Waals surface area contributed by atoms with Crippen molar-refractivity contribution >= 4 is 39.2 Å². The van der Waals surface area contributed by atoms with Gasteiger partial charge in [-0.05, 0) is 22.0 Å². The number of rotatable bonds is 1. The molecule has 0 aliphatic heterocycles. The van der Waals surface area contributed by atoms with Gasteiger partial charge >= 0.3 is 5.97 Å². The van der Waals surface area contributed by atoms with E-state index in [-0.39, 0.29) is 10.9 Å². The molecular weight excluding hydrogens is 259 g/mol. The summed E-state index contributed by atoms with van der Waals surface area (Å²) in [7, 11) is 0. The molecule has 0 saturated carbocycles. The smallest absolute Gasteiger partial charge is 0.309 e. The molecule has 0 fully saturated rings. The number of esters is 1. The Morgan fingerprint density at radius 3 is 2.92 bits per heavy atom. The monoisotopic (exact) mass is 264 g/mol. The molecule has 13 heavy (non-hydrogen) atoms. The number of anilines is 1. The predicted molar refractivity (Wildman–Crippen MR) is 52.7 cm³/mol. The van der Waals surface area contributed by atoms with Crippen LogP contribution in [0.25, 0.3) is 0 Å². The number of pyridine rings is 1. The molecule has 0 unspecified atom stereocenters. The topological polar surface area (TPSA) is 65.2 Å². The van der Waals surface area contributed by atoms with Crippen molar-refractivity contribution < 1.29 is 9.53 Å². The first-order valence-electron chi connectivity index (χ1n) is 3.30. The first-order chi connectivity index (χ1) is 6.00. The van der Waals surface area contributed by atoms with E-state index in [0.717, 1.165) is 0 Å². The lowest BCUT2D eigenvalue weighted by atomic mass is 10.4. The molecule has 0 aliphatic rings. The fourth-order valence-electron chi connectivity index (χ4n) is 0.697. The number of carbonyl (C=O) groups excluding carboxylic acids is 1. The highest BCUT2D eigenvalue weighted by Crippen LogP contribution is 2.30. The van der Waals surface area contributed by atoms with E-state index >= 15 is 0 Å². The van der Waals surface area contributed by atoms with Crippen LogP contribution in [-0.4, -0.2) is 11.0 Å². The van der Waals surface area contributed by atoms with E-state index in [9.17, 15) is 4.79 Å². The summed E-state index contributed by atoms with van der Waals surface area (Å²) >= 11 is 8.82. The van der Waals surface area contributed by atoms with Gasteiger partial charge in [0, 0.05) is 6.92 Å². The highest BCUT2D eigenvalue weighted by molar-refractivity contribution is 9.10. The Morgan fingerprint density at radius 1 is 1.77 bits per heavy atom. The zero-order valence-electron chi connectivity index (χ0n) is 6.67. The molecule has 70 valence electrons. The van der Waals surface area contributed by atoms with Gasteiger partial charge in [-0.1, -0.05) is 11.6 Å². The fraction of sp³-hybridized carbons (Fsp3) is 0.143. The summed E-state index contributed by atoms with van der Waals surface area (Å²) in [6.07, 6.45) is 0. The number of ether oxygens (including phenoxy) is 1. The van der Waals surface area contributed by atoms with Crippen molar-refractivity contribution in [2.45, 2.75) is 6.92 Å². The van der Waals surface area contributed by atoms with E-state index in [1.54, 1.807) is 0 Å². The highest BCUT2D eigenvalue weighted by Gasteiger charge is 2.10. The molecule has 0 amide bonds. The third kappa shape index (κ3) is 2.57. The third-order valence-corrected chi connectivity index (χ3v) is 1.95. The van der Waals surface area contributed by atoms with Gasteiger partial charge in [0.05, 0.1) is 5.69 Å². The van der Waals surface area contributed by atoms with Crippen LogP contribution in [0.4, 0.5) is 5.69 Å². The quantitative estimate of drug-likeness (QED) is 0.623. The van der Waals surface area contributed by atoms with Crippen LogP contribution in [0.3, 0.4) is 0 Å². The first-order valence-corrected chi connectivity index (χ1v) is 4.47. The summed E-state index contributed by atoms with van der Waals surface area (Å²) in [6, 6.07) is 1.52. The van der Waals surface area contributed by atoms with Gasteiger partial charge in [-0.2, -0.15) is 0 Å². The molecular formula is C7H6BrClN2O2. The molecule has 1 aromatic heterocycles. The second-order valence-corrected chi connectivity index (χ2v) is 3.44. The van der Waals surface area contributed by atoms with Gasteiger partial charge in [-0.15, -0.1) is 0 Å². The predicted octanol–water partition coefficient (Wildman–Crippen LogP) is 2.00. The Bertz CT molecular complexity index is 357. The molecule has 6 heteroatoms. The van der Waals surface area contributed by atoms with Gasteiger partial charge < -0.3 is 10.5 Å². The van der Waals surface area contributed by atoms with Crippen LogP contribution in [0.2, 0.25) is 5.02 Å². The van der Waals surface area contributed by atoms with Gasteiger partial charge in [0.25, 0.3) is 0 Å². The zero-order valence-corrected chi connectivity index (χ0v) is 9.02. The van der Waals surface area contributed by atoms with E-state index in [0.29, 0.717) is 10.3 Å². The van der Waals surface area contributed by atoms with Gasteiger partial charge in [0.2, 0.25) is 5.88 Å². The normalized spacial score (nSPS) is 9.77. The van der Waals surface area contributed by atoms with Crippen molar-refractivity contribution in [1.82, 2.24) is 4.98 Å². The maximum Gasteiger partial charge on any atom is 0.309 e. The second-order valence-electron chi connectivity index (χ2n) is 2.25. The van der Waals surface area contributed by atoms with Gasteiger partial charge in [0.15, 0.2) is 0 Å². The van der Waals surface area contributed by atoms with Crippen molar-refractivity contribution in [2.75, 3.05) is 5.73 Å². The molecule has 1 rings (SSSR count). The van der Waals surface area contributed by atoms with Gasteiger partial charge in [0.1, 0.15) is 9.63 Å². The number of nitrogens with two attached hydrogens (primary N) is 1. The maximum absolute atomic E-state index is 10.6. The number of halogens is 2. The minimum absolute atomic E-state index is 0.0149. The van der Waals surface area contributed by atoms with Crippen LogP contribution >= 0.6 is 27.5 Å². The molecule has 0 saturated heterocycles. The SMILES string of the molecule is CC(=O)Oc1nc(Br)cc(N)c1Cl. The molecule has 0 spiro atoms. The number of nitrogen functional groups attached to an aromatic ring is 1. The Morgan fingerprint density at radius 2 is 2.38 bits per heavy atom. The maximum atomic E-state index is 10.6. The number of carbonyl (C=O) groups is 1. The largest absolute Gasteiger partial charge is 0.406 e. The summed E-state index contributed by atoms with van der Waals surface area (Å²) in [4.78, 5) is 14.4. The summed E-state index contributed by atoms with van der Waals surface area (Å²) in [6.45, 7) is 1.26. The summed E-state index contributed by atoms with van der Waals surface area (Å²) in [5, 5.41) is 0.137. The lowest BCUT2D eigenvalue weighted by Gasteiger charge is -2.05. The first kappa shape index (κ1) is 10.3. The highest BCUT2D eigenvalue weighted by atomic mass is 79.9. The lowest BCUT2D eigenvalue weighted by Crippen LogP contribution is -2.04. The second kappa shape index (κ2) is 3.93. The van der Waals surface area contributed by atoms with Crippen molar-refractivity contribution in [3.63, 3.8) is 0 Å². The van der Waals surface area contributed by atoms with Crippen molar-refractivity contribution in [3.05, 3.63) is 15.7 Å². The number of aromatic nitrogens is 1. The standard InChI is InChI=1S/C7H6BrClN2O2/c1-3(12)13-7-6(9)4(10)2-5(8)11-7/h2H,1H3,(H2,10,11). The molecule has 4 nitrogen and oxygen atoms in total. The van der Waals surface area contributed by atoms with Crippen LogP contribution in [0, 0.1) is 0 Å². The Labute approximate surface area is 88.2 Å². The average Bonchev–Trinajstić information content (AvgIpc) is 1.98. The van der Waals surface area contributed by atoms with Gasteiger partial charge in [-0.3, -0.25) is 4.79 Å². The van der Waals surface area contributed by atoms with Gasteiger partial charge in [-0.25, -0.2) is 4.98 Å². The minimum Gasteiger partial charge on any atom is -0.406 e. The van der Waals surface area contributed by atoms with E-state index < -0.39 is 5.97 Å². The summed E-state index contributed by atoms with van der Waals surface area (Å²) < 4.78 is 5.18. The number of hydrogen-bond acceptors (Lipinski definition) is 4. The van der Waals surface area contributed by atoms with Crippen molar-refractivity contribution in [1.29, 1.82) is 0 Å². The zero-order chi connectivity index (χ0) is 10.0. The summed E-state index contributed by atoms with van der Waals surface area (Å²) in [5.74, 6) is -0.479. The summed E-state index contributed by atoms with van der Waals surface area (Å²) in [5.41, 5.74) is 5.81. The van der Waals surface area contributed by atoms with Crippen LogP contribution in [0.5, 0.6) is 5.88 Å². The van der Waals surface area contributed by atoms with Crippen molar-refractivity contribution in [3.8, 4) is 5.88 Å². The van der Waals surface area contributed by atoms with Crippen LogP contribution in [0.1, 0.15) is 6.92 Å². The average molecular weight is 265 g/mol.